The molecule has 5 nitrogen and oxygen atoms in total. The molecule has 1 aliphatic heterocycles. The van der Waals surface area contributed by atoms with E-state index >= 15 is 0 Å². The molecule has 0 aliphatic carbocycles. The third-order valence-corrected chi connectivity index (χ3v) is 5.77. The molecule has 5 heteroatoms. The van der Waals surface area contributed by atoms with Crippen molar-refractivity contribution in [3.63, 3.8) is 0 Å². The van der Waals surface area contributed by atoms with Crippen LogP contribution in [0.25, 0.3) is 21.7 Å². The molecule has 1 fully saturated rings. The highest BCUT2D eigenvalue weighted by molar-refractivity contribution is 5.85. The van der Waals surface area contributed by atoms with Crippen molar-refractivity contribution < 1.29 is 0 Å². The molecule has 4 aromatic rings. The Balaban J connectivity index is 1.24. The first-order chi connectivity index (χ1) is 14.3. The molecule has 3 aromatic carbocycles. The Labute approximate surface area is 169 Å². The number of fused-ring (bicyclic) bond motifs is 2. The summed E-state index contributed by atoms with van der Waals surface area (Å²) in [5.74, 6) is 0.746. The van der Waals surface area contributed by atoms with Gasteiger partial charge in [0.25, 0.3) is 5.56 Å². The van der Waals surface area contributed by atoms with Crippen molar-refractivity contribution in [2.24, 2.45) is 0 Å². The first-order valence-electron chi connectivity index (χ1n) is 10.2. The van der Waals surface area contributed by atoms with Gasteiger partial charge in [-0.1, -0.05) is 54.6 Å². The lowest BCUT2D eigenvalue weighted by Gasteiger charge is -2.34. The van der Waals surface area contributed by atoms with E-state index in [1.54, 1.807) is 0 Å². The Bertz CT molecular complexity index is 1200. The van der Waals surface area contributed by atoms with Gasteiger partial charge in [-0.2, -0.15) is 0 Å². The Hall–Kier alpha value is -3.02. The molecule has 1 aliphatic rings. The summed E-state index contributed by atoms with van der Waals surface area (Å²) in [6.07, 6.45) is 0. The number of benzene rings is 3. The predicted octanol–water partition coefficient (Wildman–Crippen LogP) is 3.39. The summed E-state index contributed by atoms with van der Waals surface area (Å²) in [5, 5.41) is 3.29. The topological polar surface area (TPSA) is 52.2 Å². The van der Waals surface area contributed by atoms with Gasteiger partial charge in [0, 0.05) is 32.7 Å². The molecule has 2 heterocycles. The van der Waals surface area contributed by atoms with Crippen LogP contribution < -0.4 is 5.56 Å². The zero-order chi connectivity index (χ0) is 19.6. The minimum absolute atomic E-state index is 0.0554. The SMILES string of the molecule is O=c1[nH]c(CN2CCN(Cc3cccc4ccccc34)CC2)nc2ccccc12. The lowest BCUT2D eigenvalue weighted by atomic mass is 10.0. The van der Waals surface area contributed by atoms with Crippen LogP contribution >= 0.6 is 0 Å². The second kappa shape index (κ2) is 7.78. The van der Waals surface area contributed by atoms with Gasteiger partial charge >= 0.3 is 0 Å². The number of aromatic amines is 1. The molecular weight excluding hydrogens is 360 g/mol. The lowest BCUT2D eigenvalue weighted by molar-refractivity contribution is 0.120. The number of H-pyrrole nitrogens is 1. The van der Waals surface area contributed by atoms with Gasteiger partial charge in [0.1, 0.15) is 5.82 Å². The third kappa shape index (κ3) is 3.79. The number of nitrogens with one attached hydrogen (secondary N) is 1. The number of para-hydroxylation sites is 1. The van der Waals surface area contributed by atoms with E-state index in [-0.39, 0.29) is 5.56 Å². The van der Waals surface area contributed by atoms with Crippen LogP contribution in [0.1, 0.15) is 11.4 Å². The van der Waals surface area contributed by atoms with E-state index in [1.807, 2.05) is 24.3 Å². The molecule has 1 aromatic heterocycles. The highest BCUT2D eigenvalue weighted by Crippen LogP contribution is 2.20. The molecule has 0 atom stereocenters. The van der Waals surface area contributed by atoms with Crippen LogP contribution in [0.3, 0.4) is 0 Å². The van der Waals surface area contributed by atoms with E-state index in [0.717, 1.165) is 44.1 Å². The van der Waals surface area contributed by atoms with E-state index in [2.05, 4.69) is 62.2 Å². The normalized spacial score (nSPS) is 15.9. The van der Waals surface area contributed by atoms with Crippen LogP contribution in [0, 0.1) is 0 Å². The number of hydrogen-bond acceptors (Lipinski definition) is 4. The fourth-order valence-electron chi connectivity index (χ4n) is 4.20. The van der Waals surface area contributed by atoms with Crippen molar-refractivity contribution in [1.29, 1.82) is 0 Å². The summed E-state index contributed by atoms with van der Waals surface area (Å²) >= 11 is 0. The first-order valence-corrected chi connectivity index (χ1v) is 10.2. The second-order valence-corrected chi connectivity index (χ2v) is 7.72. The van der Waals surface area contributed by atoms with Crippen molar-refractivity contribution in [3.05, 3.63) is 88.5 Å². The highest BCUT2D eigenvalue weighted by atomic mass is 16.1. The van der Waals surface area contributed by atoms with Crippen molar-refractivity contribution >= 4 is 21.7 Å². The summed E-state index contributed by atoms with van der Waals surface area (Å²) in [6, 6.07) is 22.7. The lowest BCUT2D eigenvalue weighted by Crippen LogP contribution is -2.45. The molecule has 0 saturated carbocycles. The molecule has 0 spiro atoms. The second-order valence-electron chi connectivity index (χ2n) is 7.72. The Morgan fingerprint density at radius 1 is 0.759 bits per heavy atom. The summed E-state index contributed by atoms with van der Waals surface area (Å²) in [5.41, 5.74) is 2.10. The summed E-state index contributed by atoms with van der Waals surface area (Å²) in [4.78, 5) is 24.7. The average molecular weight is 384 g/mol. The van der Waals surface area contributed by atoms with Gasteiger partial charge in [0.05, 0.1) is 17.4 Å². The highest BCUT2D eigenvalue weighted by Gasteiger charge is 2.18. The molecule has 0 radical (unpaired) electrons. The predicted molar refractivity (Wildman–Crippen MR) is 117 cm³/mol. The standard InChI is InChI=1S/C24H24N4O/c29-24-21-10-3-4-11-22(21)25-23(26-24)17-28-14-12-27(13-15-28)16-19-8-5-7-18-6-1-2-9-20(18)19/h1-11H,12-17H2,(H,25,26,29). The fourth-order valence-corrected chi connectivity index (χ4v) is 4.20. The molecule has 0 amide bonds. The zero-order valence-corrected chi connectivity index (χ0v) is 16.3. The number of nitrogens with zero attached hydrogens (tertiary/aromatic N) is 3. The summed E-state index contributed by atoms with van der Waals surface area (Å²) < 4.78 is 0. The van der Waals surface area contributed by atoms with Crippen molar-refractivity contribution in [2.45, 2.75) is 13.1 Å². The van der Waals surface area contributed by atoms with Crippen LogP contribution in [0.4, 0.5) is 0 Å². The molecule has 5 rings (SSSR count). The van der Waals surface area contributed by atoms with Crippen LogP contribution in [0.2, 0.25) is 0 Å². The zero-order valence-electron chi connectivity index (χ0n) is 16.3. The van der Waals surface area contributed by atoms with Crippen molar-refractivity contribution in [3.8, 4) is 0 Å². The molecule has 29 heavy (non-hydrogen) atoms. The van der Waals surface area contributed by atoms with Crippen LogP contribution in [-0.4, -0.2) is 45.9 Å². The molecular formula is C24H24N4O. The number of rotatable bonds is 4. The number of piperazine rings is 1. The van der Waals surface area contributed by atoms with Crippen LogP contribution in [0.15, 0.2) is 71.5 Å². The molecule has 1 N–H and O–H groups in total. The first kappa shape index (κ1) is 18.0. The van der Waals surface area contributed by atoms with E-state index in [0.29, 0.717) is 11.9 Å². The Morgan fingerprint density at radius 3 is 2.24 bits per heavy atom. The molecule has 146 valence electrons. The maximum atomic E-state index is 12.3. The van der Waals surface area contributed by atoms with E-state index in [1.165, 1.54) is 16.3 Å². The van der Waals surface area contributed by atoms with Gasteiger partial charge in [0.2, 0.25) is 0 Å². The summed E-state index contributed by atoms with van der Waals surface area (Å²) in [7, 11) is 0. The maximum Gasteiger partial charge on any atom is 0.258 e. The van der Waals surface area contributed by atoms with E-state index in [9.17, 15) is 4.79 Å². The van der Waals surface area contributed by atoms with Gasteiger partial charge in [-0.15, -0.1) is 0 Å². The van der Waals surface area contributed by atoms with Gasteiger partial charge in [-0.3, -0.25) is 14.6 Å². The number of aromatic nitrogens is 2. The maximum absolute atomic E-state index is 12.3. The van der Waals surface area contributed by atoms with E-state index in [4.69, 9.17) is 0 Å². The van der Waals surface area contributed by atoms with E-state index < -0.39 is 0 Å². The quantitative estimate of drug-likeness (QED) is 0.586. The molecule has 0 unspecified atom stereocenters. The summed E-state index contributed by atoms with van der Waals surface area (Å²) in [6.45, 7) is 5.63. The fraction of sp³-hybridized carbons (Fsp3) is 0.250. The minimum Gasteiger partial charge on any atom is -0.309 e. The molecule has 0 bridgehead atoms. The van der Waals surface area contributed by atoms with Crippen molar-refractivity contribution in [1.82, 2.24) is 19.8 Å². The van der Waals surface area contributed by atoms with Crippen LogP contribution in [0.5, 0.6) is 0 Å². The minimum atomic E-state index is -0.0554. The monoisotopic (exact) mass is 384 g/mol. The van der Waals surface area contributed by atoms with Gasteiger partial charge in [-0.25, -0.2) is 4.98 Å². The third-order valence-electron chi connectivity index (χ3n) is 5.77. The van der Waals surface area contributed by atoms with Gasteiger partial charge in [-0.05, 0) is 28.5 Å². The Morgan fingerprint density at radius 2 is 1.41 bits per heavy atom. The van der Waals surface area contributed by atoms with Gasteiger partial charge in [0.15, 0.2) is 0 Å². The van der Waals surface area contributed by atoms with Crippen LogP contribution in [-0.2, 0) is 13.1 Å². The molecule has 1 saturated heterocycles. The number of hydrogen-bond donors (Lipinski definition) is 1. The van der Waals surface area contributed by atoms with Gasteiger partial charge < -0.3 is 4.98 Å². The Kier molecular flexibility index (Phi) is 4.84. The largest absolute Gasteiger partial charge is 0.309 e. The van der Waals surface area contributed by atoms with Crippen molar-refractivity contribution in [2.75, 3.05) is 26.2 Å². The average Bonchev–Trinajstić information content (AvgIpc) is 2.75. The smallest absolute Gasteiger partial charge is 0.258 e.